The molecule has 132 valence electrons. The summed E-state index contributed by atoms with van der Waals surface area (Å²) in [6.45, 7) is 8.52. The minimum atomic E-state index is -0.460. The van der Waals surface area contributed by atoms with Crippen molar-refractivity contribution >= 4 is 24.0 Å². The Morgan fingerprint density at radius 3 is 2.32 bits per heavy atom. The van der Waals surface area contributed by atoms with E-state index in [2.05, 4.69) is 18.2 Å². The molecule has 2 N–H and O–H groups in total. The molecule has 0 amide bonds. The molecule has 0 spiro atoms. The summed E-state index contributed by atoms with van der Waals surface area (Å²) < 4.78 is 17.9. The highest BCUT2D eigenvalue weighted by molar-refractivity contribution is 6.56. The van der Waals surface area contributed by atoms with Gasteiger partial charge in [0, 0.05) is 12.1 Å². The van der Waals surface area contributed by atoms with Gasteiger partial charge in [-0.15, -0.1) is 0 Å². The first kappa shape index (κ1) is 18.0. The molecule has 0 aromatic heterocycles. The quantitative estimate of drug-likeness (QED) is 0.861. The van der Waals surface area contributed by atoms with Crippen LogP contribution in [-0.2, 0) is 9.31 Å². The van der Waals surface area contributed by atoms with Crippen molar-refractivity contribution in [3.05, 3.63) is 47.4 Å². The molecule has 0 aliphatic carbocycles. The van der Waals surface area contributed by atoms with E-state index in [0.717, 1.165) is 27.6 Å². The third-order valence-corrected chi connectivity index (χ3v) is 5.27. The van der Waals surface area contributed by atoms with Gasteiger partial charge >= 0.3 is 7.12 Å². The minimum absolute atomic E-state index is 0.350. The van der Waals surface area contributed by atoms with Crippen LogP contribution < -0.4 is 10.5 Å². The first-order valence-corrected chi connectivity index (χ1v) is 8.61. The molecule has 0 saturated carbocycles. The maximum Gasteiger partial charge on any atom is 0.491 e. The Labute approximate surface area is 150 Å². The molecule has 0 unspecified atom stereocenters. The molecule has 1 fully saturated rings. The van der Waals surface area contributed by atoms with Gasteiger partial charge in [0.15, 0.2) is 0 Å². The first-order valence-electron chi connectivity index (χ1n) is 8.61. The van der Waals surface area contributed by atoms with E-state index in [1.807, 2.05) is 52.0 Å². The molecule has 1 aliphatic rings. The fourth-order valence-electron chi connectivity index (χ4n) is 3.01. The Morgan fingerprint density at radius 2 is 1.72 bits per heavy atom. The molecule has 1 saturated heterocycles. The van der Waals surface area contributed by atoms with E-state index in [4.69, 9.17) is 19.8 Å². The van der Waals surface area contributed by atoms with Crippen LogP contribution in [0.25, 0.3) is 16.8 Å². The van der Waals surface area contributed by atoms with Gasteiger partial charge in [0.05, 0.1) is 18.3 Å². The maximum atomic E-state index is 6.16. The van der Waals surface area contributed by atoms with Crippen molar-refractivity contribution in [3.63, 3.8) is 0 Å². The summed E-state index contributed by atoms with van der Waals surface area (Å²) in [5.74, 6) is 0.807. The van der Waals surface area contributed by atoms with Crippen LogP contribution in [0.3, 0.4) is 0 Å². The lowest BCUT2D eigenvalue weighted by molar-refractivity contribution is 0.00578. The van der Waals surface area contributed by atoms with Crippen LogP contribution in [0.15, 0.2) is 41.9 Å². The fourth-order valence-corrected chi connectivity index (χ4v) is 3.01. The normalized spacial score (nSPS) is 19.4. The second kappa shape index (κ2) is 6.48. The van der Waals surface area contributed by atoms with Crippen LogP contribution in [-0.4, -0.2) is 32.0 Å². The standard InChI is InChI=1S/C20H26BNO3/c1-19(2)20(3,4)25-21(24-19)15(13-22)12-17-16-9-7-6-8-14(16)10-11-18(17)23-5/h6-12H,13,22H2,1-5H3. The highest BCUT2D eigenvalue weighted by Crippen LogP contribution is 2.39. The summed E-state index contributed by atoms with van der Waals surface area (Å²) >= 11 is 0. The van der Waals surface area contributed by atoms with E-state index in [9.17, 15) is 0 Å². The van der Waals surface area contributed by atoms with Crippen molar-refractivity contribution in [1.29, 1.82) is 0 Å². The van der Waals surface area contributed by atoms with Crippen molar-refractivity contribution in [2.75, 3.05) is 13.7 Å². The third kappa shape index (κ3) is 3.20. The predicted octanol–water partition coefficient (Wildman–Crippen LogP) is 3.82. The van der Waals surface area contributed by atoms with Crippen molar-refractivity contribution in [2.45, 2.75) is 38.9 Å². The Hall–Kier alpha value is -1.82. The molecule has 1 aliphatic heterocycles. The van der Waals surface area contributed by atoms with Crippen molar-refractivity contribution in [2.24, 2.45) is 5.73 Å². The number of hydrogen-bond donors (Lipinski definition) is 1. The molecule has 2 aromatic rings. The number of hydrogen-bond acceptors (Lipinski definition) is 4. The minimum Gasteiger partial charge on any atom is -0.496 e. The lowest BCUT2D eigenvalue weighted by atomic mass is 9.76. The van der Waals surface area contributed by atoms with Crippen LogP contribution in [0.1, 0.15) is 33.3 Å². The zero-order valence-corrected chi connectivity index (χ0v) is 15.6. The van der Waals surface area contributed by atoms with Crippen LogP contribution in [0.5, 0.6) is 5.75 Å². The summed E-state index contributed by atoms with van der Waals surface area (Å²) in [6, 6.07) is 12.3. The molecular weight excluding hydrogens is 313 g/mol. The molecule has 4 nitrogen and oxygen atoms in total. The second-order valence-electron chi connectivity index (χ2n) is 7.41. The van der Waals surface area contributed by atoms with Gasteiger partial charge in [0.2, 0.25) is 0 Å². The fraction of sp³-hybridized carbons (Fsp3) is 0.400. The monoisotopic (exact) mass is 339 g/mol. The molecule has 0 radical (unpaired) electrons. The van der Waals surface area contributed by atoms with E-state index < -0.39 is 18.3 Å². The number of methoxy groups -OCH3 is 1. The largest absolute Gasteiger partial charge is 0.496 e. The number of ether oxygens (including phenoxy) is 1. The third-order valence-electron chi connectivity index (χ3n) is 5.27. The topological polar surface area (TPSA) is 53.7 Å². The lowest BCUT2D eigenvalue weighted by Crippen LogP contribution is -2.41. The lowest BCUT2D eigenvalue weighted by Gasteiger charge is -2.32. The van der Waals surface area contributed by atoms with Gasteiger partial charge < -0.3 is 19.8 Å². The molecular formula is C20H26BNO3. The molecule has 25 heavy (non-hydrogen) atoms. The van der Waals surface area contributed by atoms with Crippen molar-refractivity contribution < 1.29 is 14.0 Å². The number of fused-ring (bicyclic) bond motifs is 1. The number of nitrogens with two attached hydrogens (primary N) is 1. The smallest absolute Gasteiger partial charge is 0.491 e. The van der Waals surface area contributed by atoms with Gasteiger partial charge in [0.1, 0.15) is 5.75 Å². The molecule has 2 aromatic carbocycles. The van der Waals surface area contributed by atoms with E-state index in [1.54, 1.807) is 7.11 Å². The average Bonchev–Trinajstić information content (AvgIpc) is 2.80. The number of benzene rings is 2. The highest BCUT2D eigenvalue weighted by atomic mass is 16.7. The molecule has 0 atom stereocenters. The van der Waals surface area contributed by atoms with Crippen molar-refractivity contribution in [1.82, 2.24) is 0 Å². The van der Waals surface area contributed by atoms with E-state index >= 15 is 0 Å². The summed E-state index contributed by atoms with van der Waals surface area (Å²) in [5.41, 5.74) is 7.15. The SMILES string of the molecule is COc1ccc2ccccc2c1C=C(CN)B1OC(C)(C)C(C)(C)O1. The van der Waals surface area contributed by atoms with Crippen LogP contribution in [0, 0.1) is 0 Å². The van der Waals surface area contributed by atoms with Gasteiger partial charge in [-0.1, -0.05) is 36.4 Å². The first-order chi connectivity index (χ1) is 11.8. The predicted molar refractivity (Wildman–Crippen MR) is 104 cm³/mol. The molecule has 3 rings (SSSR count). The molecule has 5 heteroatoms. The summed E-state index contributed by atoms with van der Waals surface area (Å²) in [6.07, 6.45) is 2.04. The van der Waals surface area contributed by atoms with Crippen LogP contribution in [0.2, 0.25) is 0 Å². The van der Waals surface area contributed by atoms with E-state index in [-0.39, 0.29) is 0 Å². The second-order valence-corrected chi connectivity index (χ2v) is 7.41. The number of rotatable bonds is 4. The molecule has 1 heterocycles. The summed E-state index contributed by atoms with van der Waals surface area (Å²) in [5, 5.41) is 2.27. The van der Waals surface area contributed by atoms with Crippen molar-refractivity contribution in [3.8, 4) is 5.75 Å². The highest BCUT2D eigenvalue weighted by Gasteiger charge is 2.52. The van der Waals surface area contributed by atoms with E-state index in [1.165, 1.54) is 0 Å². The van der Waals surface area contributed by atoms with Crippen LogP contribution >= 0.6 is 0 Å². The average molecular weight is 339 g/mol. The Kier molecular flexibility index (Phi) is 4.67. The summed E-state index contributed by atoms with van der Waals surface area (Å²) in [4.78, 5) is 0. The maximum absolute atomic E-state index is 6.16. The Morgan fingerprint density at radius 1 is 1.08 bits per heavy atom. The molecule has 0 bridgehead atoms. The van der Waals surface area contributed by atoms with Gasteiger partial charge in [-0.25, -0.2) is 0 Å². The zero-order chi connectivity index (χ0) is 18.2. The van der Waals surface area contributed by atoms with Gasteiger partial charge in [-0.05, 0) is 50.0 Å². The zero-order valence-electron chi connectivity index (χ0n) is 15.6. The van der Waals surface area contributed by atoms with Crippen LogP contribution in [0.4, 0.5) is 0 Å². The Balaban J connectivity index is 2.08. The van der Waals surface area contributed by atoms with Gasteiger partial charge in [-0.3, -0.25) is 0 Å². The van der Waals surface area contributed by atoms with Gasteiger partial charge in [0.25, 0.3) is 0 Å². The Bertz CT molecular complexity index is 798. The van der Waals surface area contributed by atoms with Gasteiger partial charge in [-0.2, -0.15) is 0 Å². The van der Waals surface area contributed by atoms with E-state index in [0.29, 0.717) is 6.54 Å². The summed E-state index contributed by atoms with van der Waals surface area (Å²) in [7, 11) is 1.22.